The van der Waals surface area contributed by atoms with Gasteiger partial charge in [0, 0.05) is 0 Å². The molecule has 0 atom stereocenters. The average molecular weight is 224 g/mol. The Morgan fingerprint density at radius 2 is 1.87 bits per heavy atom. The predicted molar refractivity (Wildman–Crippen MR) is 63.8 cm³/mol. The molecule has 4 heteroatoms. The maximum absolute atomic E-state index is 10.7. The van der Waals surface area contributed by atoms with Gasteiger partial charge in [-0.15, -0.1) is 0 Å². The Kier molecular flexibility index (Phi) is 3.52. The fraction of sp³-hybridized carbons (Fsp3) is 0.273. The third-order valence-corrected chi connectivity index (χ3v) is 2.36. The Hall–Kier alpha value is -1.29. The monoisotopic (exact) mass is 224 g/mol. The first-order valence-corrected chi connectivity index (χ1v) is 5.02. The summed E-state index contributed by atoms with van der Waals surface area (Å²) in [5.74, 6) is -0.0753. The van der Waals surface area contributed by atoms with E-state index in [1.807, 2.05) is 44.2 Å². The first kappa shape index (κ1) is 11.8. The van der Waals surface area contributed by atoms with Crippen LogP contribution < -0.4 is 0 Å². The standard InChI is InChI=1S/C11H13NO2S/c1-11(2,9(12)14-10(13)15)8-6-4-3-5-7-8/h3-7,12H,1-2H3,(H,13,15)/p+1. The highest BCUT2D eigenvalue weighted by Crippen LogP contribution is 2.24. The molecule has 15 heavy (non-hydrogen) atoms. The van der Waals surface area contributed by atoms with Crippen LogP contribution in [-0.2, 0) is 22.8 Å². The minimum absolute atomic E-state index is 0.0753. The van der Waals surface area contributed by atoms with E-state index >= 15 is 0 Å². The lowest BCUT2D eigenvalue weighted by molar-refractivity contribution is 0.220. The van der Waals surface area contributed by atoms with Gasteiger partial charge in [0.05, 0.1) is 18.0 Å². The molecule has 0 aromatic heterocycles. The van der Waals surface area contributed by atoms with Crippen molar-refractivity contribution < 1.29 is 9.53 Å². The fourth-order valence-corrected chi connectivity index (χ4v) is 1.31. The fourth-order valence-electron chi connectivity index (χ4n) is 1.21. The molecule has 0 amide bonds. The molecule has 80 valence electrons. The highest BCUT2D eigenvalue weighted by molar-refractivity contribution is 7.76. The zero-order chi connectivity index (χ0) is 11.5. The molecule has 0 fully saturated rings. The number of benzene rings is 1. The van der Waals surface area contributed by atoms with Crippen LogP contribution in [0.2, 0.25) is 0 Å². The maximum Gasteiger partial charge on any atom is 0.527 e. The van der Waals surface area contributed by atoms with Crippen LogP contribution in [0.4, 0.5) is 4.79 Å². The summed E-state index contributed by atoms with van der Waals surface area (Å²) in [6.45, 7) is 3.67. The summed E-state index contributed by atoms with van der Waals surface area (Å²) in [5.41, 5.74) is 0.326. The van der Waals surface area contributed by atoms with E-state index in [9.17, 15) is 4.79 Å². The highest BCUT2D eigenvalue weighted by atomic mass is 32.1. The van der Waals surface area contributed by atoms with E-state index in [0.717, 1.165) is 5.56 Å². The number of carbonyl (C=O) groups is 1. The van der Waals surface area contributed by atoms with Crippen molar-refractivity contribution in [3.8, 4) is 0 Å². The van der Waals surface area contributed by atoms with Crippen molar-refractivity contribution in [3.63, 3.8) is 0 Å². The Morgan fingerprint density at radius 3 is 2.33 bits per heavy atom. The van der Waals surface area contributed by atoms with Gasteiger partial charge < -0.3 is 4.74 Å². The van der Waals surface area contributed by atoms with E-state index in [-0.39, 0.29) is 5.90 Å². The predicted octanol–water partition coefficient (Wildman–Crippen LogP) is 2.09. The zero-order valence-corrected chi connectivity index (χ0v) is 9.70. The highest BCUT2D eigenvalue weighted by Gasteiger charge is 2.30. The first-order valence-electron chi connectivity index (χ1n) is 4.52. The minimum Gasteiger partial charge on any atom is -0.371 e. The van der Waals surface area contributed by atoms with Crippen LogP contribution in [0.25, 0.3) is 0 Å². The Bertz CT molecular complexity index is 373. The smallest absolute Gasteiger partial charge is 0.371 e. The van der Waals surface area contributed by atoms with Gasteiger partial charge in [-0.3, -0.25) is 5.41 Å². The third-order valence-electron chi connectivity index (χ3n) is 2.26. The summed E-state index contributed by atoms with van der Waals surface area (Å²) in [6.07, 6.45) is 0. The molecule has 1 aromatic carbocycles. The van der Waals surface area contributed by atoms with Crippen LogP contribution in [0.15, 0.2) is 30.3 Å². The molecule has 1 rings (SSSR count). The van der Waals surface area contributed by atoms with Crippen LogP contribution in [0.5, 0.6) is 0 Å². The van der Waals surface area contributed by atoms with Gasteiger partial charge in [0.15, 0.2) is 0 Å². The second kappa shape index (κ2) is 4.49. The molecule has 1 N–H and O–H groups in total. The third kappa shape index (κ3) is 2.83. The average Bonchev–Trinajstić information content (AvgIpc) is 2.18. The second-order valence-electron chi connectivity index (χ2n) is 3.71. The SMILES string of the molecule is CC(C)(C(=N)OC(=O)[SH2+])c1ccccc1. The quantitative estimate of drug-likeness (QED) is 0.362. The lowest BCUT2D eigenvalue weighted by Crippen LogP contribution is -2.31. The van der Waals surface area contributed by atoms with Crippen LogP contribution in [0.3, 0.4) is 0 Å². The van der Waals surface area contributed by atoms with Gasteiger partial charge in [-0.05, 0) is 19.4 Å². The number of ether oxygens (including phenoxy) is 1. The van der Waals surface area contributed by atoms with Crippen molar-refractivity contribution in [1.82, 2.24) is 0 Å². The summed E-state index contributed by atoms with van der Waals surface area (Å²) in [6, 6.07) is 9.48. The number of nitrogens with one attached hydrogen (secondary N) is 1. The van der Waals surface area contributed by atoms with Crippen molar-refractivity contribution >= 4 is 23.8 Å². The molecule has 1 aromatic rings. The van der Waals surface area contributed by atoms with Crippen molar-refractivity contribution in [2.45, 2.75) is 19.3 Å². The summed E-state index contributed by atoms with van der Waals surface area (Å²) < 4.78 is 4.73. The number of hydrogen-bond donors (Lipinski definition) is 1. The topological polar surface area (TPSA) is 50.1 Å². The number of rotatable bonds is 2. The lowest BCUT2D eigenvalue weighted by atomic mass is 9.84. The van der Waals surface area contributed by atoms with Gasteiger partial charge in [0.25, 0.3) is 0 Å². The molecule has 0 aliphatic heterocycles. The van der Waals surface area contributed by atoms with Crippen LogP contribution in [0.1, 0.15) is 19.4 Å². The summed E-state index contributed by atoms with van der Waals surface area (Å²) in [7, 11) is 0. The molecule has 0 aliphatic carbocycles. The zero-order valence-electron chi connectivity index (χ0n) is 8.70. The molecule has 0 bridgehead atoms. The van der Waals surface area contributed by atoms with Gasteiger partial charge in [0.1, 0.15) is 0 Å². The van der Waals surface area contributed by atoms with E-state index in [1.165, 1.54) is 0 Å². The van der Waals surface area contributed by atoms with E-state index < -0.39 is 10.7 Å². The van der Waals surface area contributed by atoms with E-state index in [2.05, 4.69) is 12.6 Å². The molecular weight excluding hydrogens is 210 g/mol. The Morgan fingerprint density at radius 1 is 1.33 bits per heavy atom. The Labute approximate surface area is 94.4 Å². The molecule has 0 unspecified atom stereocenters. The van der Waals surface area contributed by atoms with E-state index in [0.29, 0.717) is 0 Å². The van der Waals surface area contributed by atoms with Gasteiger partial charge in [0.2, 0.25) is 5.90 Å². The molecule has 0 saturated carbocycles. The van der Waals surface area contributed by atoms with Crippen molar-refractivity contribution in [1.29, 1.82) is 5.41 Å². The minimum atomic E-state index is -0.649. The molecular formula is C11H14NO2S+. The van der Waals surface area contributed by atoms with Crippen LogP contribution in [0, 0.1) is 5.41 Å². The van der Waals surface area contributed by atoms with Gasteiger partial charge >= 0.3 is 5.30 Å². The van der Waals surface area contributed by atoms with Gasteiger partial charge in [-0.2, -0.15) is 4.79 Å². The summed E-state index contributed by atoms with van der Waals surface area (Å²) >= 11 is 2.69. The summed E-state index contributed by atoms with van der Waals surface area (Å²) in [4.78, 5) is 10.7. The molecule has 0 spiro atoms. The first-order chi connectivity index (χ1) is 6.94. The van der Waals surface area contributed by atoms with Crippen LogP contribution in [-0.4, -0.2) is 11.2 Å². The van der Waals surface area contributed by atoms with Crippen molar-refractivity contribution in [2.24, 2.45) is 0 Å². The largest absolute Gasteiger partial charge is 0.527 e. The van der Waals surface area contributed by atoms with E-state index in [1.54, 1.807) is 0 Å². The summed E-state index contributed by atoms with van der Waals surface area (Å²) in [5, 5.41) is 7.04. The normalized spacial score (nSPS) is 10.9. The molecule has 0 aliphatic rings. The maximum atomic E-state index is 10.7. The molecule has 0 saturated heterocycles. The Balaban J connectivity index is 2.92. The van der Waals surface area contributed by atoms with Gasteiger partial charge in [-0.1, -0.05) is 30.3 Å². The molecule has 3 nitrogen and oxygen atoms in total. The number of carbonyl (C=O) groups excluding carboxylic acids is 1. The number of hydrogen-bond acceptors (Lipinski definition) is 3. The second-order valence-corrected chi connectivity index (χ2v) is 4.12. The van der Waals surface area contributed by atoms with E-state index in [4.69, 9.17) is 10.1 Å². The van der Waals surface area contributed by atoms with Crippen LogP contribution >= 0.6 is 0 Å². The van der Waals surface area contributed by atoms with Crippen molar-refractivity contribution in [3.05, 3.63) is 35.9 Å². The molecule has 0 radical (unpaired) electrons. The lowest BCUT2D eigenvalue weighted by Gasteiger charge is -2.23. The van der Waals surface area contributed by atoms with Crippen molar-refractivity contribution in [2.75, 3.05) is 0 Å². The molecule has 0 heterocycles. The van der Waals surface area contributed by atoms with Gasteiger partial charge in [-0.25, -0.2) is 0 Å².